The number of rotatable bonds is 6. The van der Waals surface area contributed by atoms with Gasteiger partial charge in [-0.1, -0.05) is 17.7 Å². The molecule has 112 valence electrons. The lowest BCUT2D eigenvalue weighted by Crippen LogP contribution is -2.14. The summed E-state index contributed by atoms with van der Waals surface area (Å²) in [6.07, 6.45) is 2.46. The average Bonchev–Trinajstić information content (AvgIpc) is 3.15. The first-order valence-electron chi connectivity index (χ1n) is 6.94. The smallest absolute Gasteiger partial charge is 0.271 e. The topological polar surface area (TPSA) is 58.2 Å². The Morgan fingerprint density at radius 1 is 1.14 bits per heavy atom. The summed E-state index contributed by atoms with van der Waals surface area (Å²) in [4.78, 5) is 1.05. The number of aryl methyl sites for hydroxylation is 1. The highest BCUT2D eigenvalue weighted by Crippen LogP contribution is 2.25. The van der Waals surface area contributed by atoms with Gasteiger partial charge in [0.2, 0.25) is 0 Å². The summed E-state index contributed by atoms with van der Waals surface area (Å²) in [5, 5.41) is 3.39. The Labute approximate surface area is 129 Å². The van der Waals surface area contributed by atoms with Gasteiger partial charge in [-0.15, -0.1) is 11.3 Å². The van der Waals surface area contributed by atoms with E-state index in [0.29, 0.717) is 15.9 Å². The number of anilines is 1. The van der Waals surface area contributed by atoms with Crippen LogP contribution in [0.3, 0.4) is 0 Å². The predicted octanol–water partition coefficient (Wildman–Crippen LogP) is 3.11. The van der Waals surface area contributed by atoms with Gasteiger partial charge in [-0.2, -0.15) is 0 Å². The van der Waals surface area contributed by atoms with Gasteiger partial charge in [0.15, 0.2) is 0 Å². The van der Waals surface area contributed by atoms with E-state index >= 15 is 0 Å². The minimum atomic E-state index is -3.49. The summed E-state index contributed by atoms with van der Waals surface area (Å²) in [6, 6.07) is 11.5. The van der Waals surface area contributed by atoms with Crippen molar-refractivity contribution >= 4 is 27.0 Å². The molecular formula is C15H18N2O2S2. The van der Waals surface area contributed by atoms with Gasteiger partial charge in [0.05, 0.1) is 0 Å². The van der Waals surface area contributed by atoms with Crippen molar-refractivity contribution in [3.63, 3.8) is 0 Å². The summed E-state index contributed by atoms with van der Waals surface area (Å²) in [5.74, 6) is 0. The van der Waals surface area contributed by atoms with E-state index in [2.05, 4.69) is 10.0 Å². The molecule has 1 aromatic carbocycles. The molecule has 0 radical (unpaired) electrons. The third-order valence-corrected chi connectivity index (χ3v) is 6.31. The minimum Gasteiger partial charge on any atom is -0.309 e. The fraction of sp³-hybridized carbons (Fsp3) is 0.333. The molecule has 0 unspecified atom stereocenters. The summed E-state index contributed by atoms with van der Waals surface area (Å²) >= 11 is 1.32. The van der Waals surface area contributed by atoms with Crippen molar-refractivity contribution in [3.05, 3.63) is 46.8 Å². The summed E-state index contributed by atoms with van der Waals surface area (Å²) in [5.41, 5.74) is 1.69. The van der Waals surface area contributed by atoms with Crippen LogP contribution in [0.1, 0.15) is 23.3 Å². The van der Waals surface area contributed by atoms with Crippen LogP contribution in [0.25, 0.3) is 0 Å². The largest absolute Gasteiger partial charge is 0.309 e. The molecule has 1 aliphatic rings. The summed E-state index contributed by atoms with van der Waals surface area (Å²) in [7, 11) is -3.49. The van der Waals surface area contributed by atoms with Gasteiger partial charge in [-0.05, 0) is 44.0 Å². The molecule has 0 spiro atoms. The zero-order chi connectivity index (χ0) is 14.9. The molecule has 1 saturated carbocycles. The van der Waals surface area contributed by atoms with Crippen LogP contribution in [-0.4, -0.2) is 14.5 Å². The van der Waals surface area contributed by atoms with Crippen molar-refractivity contribution in [1.82, 2.24) is 5.32 Å². The zero-order valence-corrected chi connectivity index (χ0v) is 13.4. The van der Waals surface area contributed by atoms with Crippen LogP contribution in [-0.2, 0) is 16.6 Å². The Morgan fingerprint density at radius 2 is 1.86 bits per heavy atom. The third-order valence-electron chi connectivity index (χ3n) is 3.35. The maximum atomic E-state index is 12.3. The lowest BCUT2D eigenvalue weighted by Gasteiger charge is -2.06. The number of sulfonamides is 1. The van der Waals surface area contributed by atoms with Gasteiger partial charge in [0.1, 0.15) is 4.21 Å². The van der Waals surface area contributed by atoms with E-state index in [0.717, 1.165) is 17.0 Å². The zero-order valence-electron chi connectivity index (χ0n) is 11.8. The van der Waals surface area contributed by atoms with E-state index in [1.54, 1.807) is 18.2 Å². The summed E-state index contributed by atoms with van der Waals surface area (Å²) < 4.78 is 27.6. The Balaban J connectivity index is 1.69. The molecule has 1 heterocycles. The van der Waals surface area contributed by atoms with Crippen molar-refractivity contribution in [3.8, 4) is 0 Å². The molecule has 1 fully saturated rings. The van der Waals surface area contributed by atoms with Crippen molar-refractivity contribution in [2.24, 2.45) is 0 Å². The molecule has 3 rings (SSSR count). The molecule has 0 saturated heterocycles. The molecule has 2 N–H and O–H groups in total. The molecule has 6 heteroatoms. The van der Waals surface area contributed by atoms with Crippen molar-refractivity contribution in [2.45, 2.75) is 36.6 Å². The van der Waals surface area contributed by atoms with Crippen LogP contribution < -0.4 is 10.0 Å². The molecule has 4 nitrogen and oxygen atoms in total. The number of thiophene rings is 1. The van der Waals surface area contributed by atoms with E-state index in [1.165, 1.54) is 24.2 Å². The quantitative estimate of drug-likeness (QED) is 0.859. The number of hydrogen-bond acceptors (Lipinski definition) is 4. The van der Waals surface area contributed by atoms with Crippen LogP contribution in [0.5, 0.6) is 0 Å². The van der Waals surface area contributed by atoms with Gasteiger partial charge in [-0.3, -0.25) is 4.72 Å². The fourth-order valence-electron chi connectivity index (χ4n) is 1.96. The second-order valence-electron chi connectivity index (χ2n) is 5.35. The molecule has 1 aromatic heterocycles. The standard InChI is InChI=1S/C15H18N2O2S2/c1-11-2-4-13(5-3-11)17-21(18,19)15-9-8-14(20-15)10-16-12-6-7-12/h2-5,8-9,12,16-17H,6-7,10H2,1H3. The van der Waals surface area contributed by atoms with E-state index < -0.39 is 10.0 Å². The first-order chi connectivity index (χ1) is 10.0. The van der Waals surface area contributed by atoms with Crippen molar-refractivity contribution in [2.75, 3.05) is 4.72 Å². The fourth-order valence-corrected chi connectivity index (χ4v) is 4.32. The molecule has 0 amide bonds. The van der Waals surface area contributed by atoms with Gasteiger partial charge in [-0.25, -0.2) is 8.42 Å². The Bertz CT molecular complexity index is 716. The van der Waals surface area contributed by atoms with Crippen LogP contribution in [0, 0.1) is 6.92 Å². The normalized spacial score (nSPS) is 15.1. The van der Waals surface area contributed by atoms with E-state index in [4.69, 9.17) is 0 Å². The third kappa shape index (κ3) is 3.84. The van der Waals surface area contributed by atoms with Crippen molar-refractivity contribution < 1.29 is 8.42 Å². The summed E-state index contributed by atoms with van der Waals surface area (Å²) in [6.45, 7) is 2.71. The monoisotopic (exact) mass is 322 g/mol. The van der Waals surface area contributed by atoms with Crippen molar-refractivity contribution in [1.29, 1.82) is 0 Å². The van der Waals surface area contributed by atoms with E-state index in [9.17, 15) is 8.42 Å². The Hall–Kier alpha value is -1.37. The lowest BCUT2D eigenvalue weighted by molar-refractivity contribution is 0.603. The molecule has 21 heavy (non-hydrogen) atoms. The number of nitrogens with one attached hydrogen (secondary N) is 2. The molecule has 1 aliphatic carbocycles. The maximum Gasteiger partial charge on any atom is 0.271 e. The molecule has 0 bridgehead atoms. The lowest BCUT2D eigenvalue weighted by atomic mass is 10.2. The maximum absolute atomic E-state index is 12.3. The van der Waals surface area contributed by atoms with Crippen LogP contribution in [0.15, 0.2) is 40.6 Å². The van der Waals surface area contributed by atoms with Gasteiger partial charge in [0.25, 0.3) is 10.0 Å². The van der Waals surface area contributed by atoms with E-state index in [1.807, 2.05) is 25.1 Å². The van der Waals surface area contributed by atoms with E-state index in [-0.39, 0.29) is 0 Å². The molecule has 2 aromatic rings. The molecule has 0 atom stereocenters. The predicted molar refractivity (Wildman–Crippen MR) is 86.2 cm³/mol. The second kappa shape index (κ2) is 5.79. The Kier molecular flexibility index (Phi) is 4.01. The van der Waals surface area contributed by atoms with Crippen LogP contribution in [0.4, 0.5) is 5.69 Å². The highest BCUT2D eigenvalue weighted by Gasteiger charge is 2.21. The highest BCUT2D eigenvalue weighted by molar-refractivity contribution is 7.94. The SMILES string of the molecule is Cc1ccc(NS(=O)(=O)c2ccc(CNC3CC3)s2)cc1. The highest BCUT2D eigenvalue weighted by atomic mass is 32.2. The van der Waals surface area contributed by atoms with Gasteiger partial charge < -0.3 is 5.32 Å². The second-order valence-corrected chi connectivity index (χ2v) is 8.43. The number of hydrogen-bond donors (Lipinski definition) is 2. The van der Waals surface area contributed by atoms with Crippen LogP contribution >= 0.6 is 11.3 Å². The number of benzene rings is 1. The van der Waals surface area contributed by atoms with Gasteiger partial charge in [0, 0.05) is 23.2 Å². The molecular weight excluding hydrogens is 304 g/mol. The minimum absolute atomic E-state index is 0.357. The Morgan fingerprint density at radius 3 is 2.52 bits per heavy atom. The van der Waals surface area contributed by atoms with Gasteiger partial charge >= 0.3 is 0 Å². The first kappa shape index (κ1) is 14.6. The first-order valence-corrected chi connectivity index (χ1v) is 9.24. The average molecular weight is 322 g/mol. The molecule has 0 aliphatic heterocycles. The van der Waals surface area contributed by atoms with Crippen LogP contribution in [0.2, 0.25) is 0 Å².